The normalized spacial score (nSPS) is 16.4. The standard InChI is InChI=1S/C20H17F2N3O3/c1-2-11-24-17(12-18(26)23-15-7-3-13(21)4-8-15)19(27)25(20(24)28)16-9-5-14(22)6-10-16/h2-10,17H,1,11-12H2,(H,23,26)/t17-/m0/s1. The number of benzene rings is 2. The van der Waals surface area contributed by atoms with Crippen molar-refractivity contribution in [2.45, 2.75) is 12.5 Å². The first-order valence-electron chi connectivity index (χ1n) is 8.47. The van der Waals surface area contributed by atoms with E-state index in [-0.39, 0.29) is 18.7 Å². The summed E-state index contributed by atoms with van der Waals surface area (Å²) in [6.07, 6.45) is 1.16. The molecular weight excluding hydrogens is 368 g/mol. The van der Waals surface area contributed by atoms with Crippen LogP contribution < -0.4 is 10.2 Å². The van der Waals surface area contributed by atoms with Gasteiger partial charge in [0.1, 0.15) is 17.7 Å². The molecule has 0 spiro atoms. The molecule has 3 rings (SSSR count). The lowest BCUT2D eigenvalue weighted by atomic mass is 10.1. The molecule has 1 aliphatic heterocycles. The van der Waals surface area contributed by atoms with Crippen LogP contribution in [0.1, 0.15) is 6.42 Å². The highest BCUT2D eigenvalue weighted by Crippen LogP contribution is 2.27. The third kappa shape index (κ3) is 3.90. The van der Waals surface area contributed by atoms with E-state index in [4.69, 9.17) is 0 Å². The van der Waals surface area contributed by atoms with Gasteiger partial charge in [0.2, 0.25) is 5.91 Å². The zero-order chi connectivity index (χ0) is 20.3. The van der Waals surface area contributed by atoms with Crippen molar-refractivity contribution in [2.24, 2.45) is 0 Å². The molecule has 0 aromatic heterocycles. The van der Waals surface area contributed by atoms with Crippen LogP contribution in [0, 0.1) is 11.6 Å². The molecule has 0 unspecified atom stereocenters. The largest absolute Gasteiger partial charge is 0.332 e. The van der Waals surface area contributed by atoms with Crippen LogP contribution in [0.2, 0.25) is 0 Å². The number of carbonyl (C=O) groups is 3. The number of nitrogens with one attached hydrogen (secondary N) is 1. The maximum atomic E-state index is 13.2. The minimum absolute atomic E-state index is 0.0662. The highest BCUT2D eigenvalue weighted by molar-refractivity contribution is 6.22. The first-order chi connectivity index (χ1) is 13.4. The molecule has 0 aliphatic carbocycles. The Labute approximate surface area is 160 Å². The lowest BCUT2D eigenvalue weighted by molar-refractivity contribution is -0.124. The Kier molecular flexibility index (Phi) is 5.49. The van der Waals surface area contributed by atoms with Crippen LogP contribution in [0.4, 0.5) is 25.0 Å². The number of hydrogen-bond donors (Lipinski definition) is 1. The minimum atomic E-state index is -1.03. The number of urea groups is 1. The van der Waals surface area contributed by atoms with Gasteiger partial charge in [0.15, 0.2) is 0 Å². The zero-order valence-corrected chi connectivity index (χ0v) is 14.8. The van der Waals surface area contributed by atoms with E-state index in [0.717, 1.165) is 17.0 Å². The van der Waals surface area contributed by atoms with E-state index >= 15 is 0 Å². The van der Waals surface area contributed by atoms with Gasteiger partial charge in [-0.15, -0.1) is 6.58 Å². The quantitative estimate of drug-likeness (QED) is 0.613. The van der Waals surface area contributed by atoms with Gasteiger partial charge in [-0.3, -0.25) is 9.59 Å². The van der Waals surface area contributed by atoms with Gasteiger partial charge in [0.05, 0.1) is 12.1 Å². The Balaban J connectivity index is 1.79. The Hall–Kier alpha value is -3.55. The van der Waals surface area contributed by atoms with Crippen LogP contribution in [0.15, 0.2) is 61.2 Å². The average Bonchev–Trinajstić information content (AvgIpc) is 2.89. The molecule has 2 aromatic rings. The molecule has 1 heterocycles. The second-order valence-electron chi connectivity index (χ2n) is 6.15. The van der Waals surface area contributed by atoms with E-state index < -0.39 is 35.5 Å². The lowest BCUT2D eigenvalue weighted by Gasteiger charge is -2.19. The highest BCUT2D eigenvalue weighted by atomic mass is 19.1. The first-order valence-corrected chi connectivity index (χ1v) is 8.47. The van der Waals surface area contributed by atoms with Gasteiger partial charge in [-0.25, -0.2) is 18.5 Å². The summed E-state index contributed by atoms with van der Waals surface area (Å²) in [6.45, 7) is 3.64. The third-order valence-corrected chi connectivity index (χ3v) is 4.24. The van der Waals surface area contributed by atoms with E-state index in [1.165, 1.54) is 47.4 Å². The summed E-state index contributed by atoms with van der Waals surface area (Å²) in [5.41, 5.74) is 0.584. The fraction of sp³-hybridized carbons (Fsp3) is 0.150. The average molecular weight is 385 g/mol. The predicted molar refractivity (Wildman–Crippen MR) is 99.6 cm³/mol. The van der Waals surface area contributed by atoms with Crippen LogP contribution in [0.25, 0.3) is 0 Å². The van der Waals surface area contributed by atoms with E-state index in [1.807, 2.05) is 0 Å². The van der Waals surface area contributed by atoms with Gasteiger partial charge >= 0.3 is 6.03 Å². The number of imide groups is 1. The summed E-state index contributed by atoms with van der Waals surface area (Å²) in [5.74, 6) is -2.04. The molecule has 4 amide bonds. The lowest BCUT2D eigenvalue weighted by Crippen LogP contribution is -2.38. The second-order valence-corrected chi connectivity index (χ2v) is 6.15. The number of halogens is 2. The van der Waals surface area contributed by atoms with Gasteiger partial charge in [-0.1, -0.05) is 6.08 Å². The van der Waals surface area contributed by atoms with Gasteiger partial charge in [-0.05, 0) is 48.5 Å². The van der Waals surface area contributed by atoms with Gasteiger partial charge in [0.25, 0.3) is 5.91 Å². The highest BCUT2D eigenvalue weighted by Gasteiger charge is 2.46. The molecule has 28 heavy (non-hydrogen) atoms. The number of rotatable bonds is 6. The van der Waals surface area contributed by atoms with Crippen molar-refractivity contribution in [1.82, 2.24) is 4.90 Å². The number of anilines is 2. The predicted octanol–water partition coefficient (Wildman–Crippen LogP) is 3.32. The number of hydrogen-bond acceptors (Lipinski definition) is 3. The van der Waals surface area contributed by atoms with Crippen molar-refractivity contribution in [2.75, 3.05) is 16.8 Å². The van der Waals surface area contributed by atoms with Crippen molar-refractivity contribution >= 4 is 29.2 Å². The molecule has 2 aromatic carbocycles. The molecule has 1 saturated heterocycles. The van der Waals surface area contributed by atoms with Crippen LogP contribution >= 0.6 is 0 Å². The Morgan fingerprint density at radius 3 is 2.18 bits per heavy atom. The summed E-state index contributed by atoms with van der Waals surface area (Å²) < 4.78 is 26.1. The monoisotopic (exact) mass is 385 g/mol. The van der Waals surface area contributed by atoms with E-state index in [9.17, 15) is 23.2 Å². The van der Waals surface area contributed by atoms with E-state index in [2.05, 4.69) is 11.9 Å². The number of amides is 4. The third-order valence-electron chi connectivity index (χ3n) is 4.24. The van der Waals surface area contributed by atoms with Crippen molar-refractivity contribution in [3.63, 3.8) is 0 Å². The zero-order valence-electron chi connectivity index (χ0n) is 14.8. The maximum absolute atomic E-state index is 13.2. The van der Waals surface area contributed by atoms with Crippen molar-refractivity contribution in [3.8, 4) is 0 Å². The molecule has 1 aliphatic rings. The molecular formula is C20H17F2N3O3. The van der Waals surface area contributed by atoms with Gasteiger partial charge < -0.3 is 10.2 Å². The summed E-state index contributed by atoms with van der Waals surface area (Å²) >= 11 is 0. The molecule has 0 bridgehead atoms. The summed E-state index contributed by atoms with van der Waals surface area (Å²) in [7, 11) is 0. The van der Waals surface area contributed by atoms with Crippen molar-refractivity contribution in [3.05, 3.63) is 72.8 Å². The molecule has 1 N–H and O–H groups in total. The van der Waals surface area contributed by atoms with Gasteiger partial charge in [-0.2, -0.15) is 0 Å². The Morgan fingerprint density at radius 2 is 1.61 bits per heavy atom. The Bertz CT molecular complexity index is 913. The fourth-order valence-electron chi connectivity index (χ4n) is 2.93. The van der Waals surface area contributed by atoms with Crippen LogP contribution in [0.3, 0.4) is 0 Å². The Morgan fingerprint density at radius 1 is 1.04 bits per heavy atom. The molecule has 6 nitrogen and oxygen atoms in total. The molecule has 1 atom stereocenters. The SMILES string of the molecule is C=CCN1C(=O)N(c2ccc(F)cc2)C(=O)[C@@H]1CC(=O)Nc1ccc(F)cc1. The van der Waals surface area contributed by atoms with Crippen LogP contribution in [0.5, 0.6) is 0 Å². The second kappa shape index (κ2) is 7.99. The molecule has 8 heteroatoms. The number of carbonyl (C=O) groups excluding carboxylic acids is 3. The minimum Gasteiger partial charge on any atom is -0.326 e. The maximum Gasteiger partial charge on any atom is 0.332 e. The summed E-state index contributed by atoms with van der Waals surface area (Å²) in [5, 5.41) is 2.57. The van der Waals surface area contributed by atoms with Crippen molar-refractivity contribution in [1.29, 1.82) is 0 Å². The topological polar surface area (TPSA) is 69.7 Å². The first kappa shape index (κ1) is 19.2. The van der Waals surface area contributed by atoms with Crippen molar-refractivity contribution < 1.29 is 23.2 Å². The molecule has 0 saturated carbocycles. The van der Waals surface area contributed by atoms with Crippen LogP contribution in [-0.2, 0) is 9.59 Å². The fourth-order valence-corrected chi connectivity index (χ4v) is 2.93. The number of nitrogens with zero attached hydrogens (tertiary/aromatic N) is 2. The smallest absolute Gasteiger partial charge is 0.326 e. The summed E-state index contributed by atoms with van der Waals surface area (Å²) in [4.78, 5) is 40.0. The van der Waals surface area contributed by atoms with Gasteiger partial charge in [0, 0.05) is 12.2 Å². The summed E-state index contributed by atoms with van der Waals surface area (Å²) in [6, 6.07) is 8.44. The van der Waals surface area contributed by atoms with E-state index in [1.54, 1.807) is 0 Å². The molecule has 0 radical (unpaired) electrons. The molecule has 1 fully saturated rings. The van der Waals surface area contributed by atoms with E-state index in [0.29, 0.717) is 5.69 Å². The molecule has 144 valence electrons. The van der Waals surface area contributed by atoms with Crippen LogP contribution in [-0.4, -0.2) is 35.3 Å².